The second-order valence-corrected chi connectivity index (χ2v) is 4.68. The summed E-state index contributed by atoms with van der Waals surface area (Å²) >= 11 is 0. The number of hydrogen-bond acceptors (Lipinski definition) is 3. The van der Waals surface area contributed by atoms with Gasteiger partial charge in [-0.2, -0.15) is 13.9 Å². The summed E-state index contributed by atoms with van der Waals surface area (Å²) in [6, 6.07) is 7.55. The molecule has 0 saturated carbocycles. The third kappa shape index (κ3) is 2.83. The lowest BCUT2D eigenvalue weighted by Gasteiger charge is -2.06. The van der Waals surface area contributed by atoms with Gasteiger partial charge in [-0.05, 0) is 17.7 Å². The Morgan fingerprint density at radius 3 is 2.64 bits per heavy atom. The van der Waals surface area contributed by atoms with Crippen LogP contribution in [0.15, 0.2) is 49.1 Å². The zero-order valence-corrected chi connectivity index (χ0v) is 11.9. The van der Waals surface area contributed by atoms with E-state index in [1.807, 2.05) is 24.3 Å². The molecule has 0 aliphatic heterocycles. The van der Waals surface area contributed by atoms with Crippen LogP contribution >= 0.6 is 0 Å². The molecule has 0 N–H and O–H groups in total. The maximum Gasteiger partial charge on any atom is 0.319 e. The van der Waals surface area contributed by atoms with Crippen LogP contribution < -0.4 is 4.74 Å². The summed E-state index contributed by atoms with van der Waals surface area (Å²) in [7, 11) is 1.61. The van der Waals surface area contributed by atoms with E-state index in [4.69, 9.17) is 4.74 Å². The summed E-state index contributed by atoms with van der Waals surface area (Å²) in [6.45, 7) is -2.41. The fourth-order valence-electron chi connectivity index (χ4n) is 2.17. The molecule has 0 saturated heterocycles. The zero-order valence-electron chi connectivity index (χ0n) is 11.9. The van der Waals surface area contributed by atoms with Gasteiger partial charge in [-0.1, -0.05) is 12.1 Å². The monoisotopic (exact) mass is 304 g/mol. The van der Waals surface area contributed by atoms with Gasteiger partial charge in [0.2, 0.25) is 0 Å². The first-order valence-corrected chi connectivity index (χ1v) is 6.64. The number of methoxy groups -OCH3 is 1. The van der Waals surface area contributed by atoms with Gasteiger partial charge in [0.05, 0.1) is 19.9 Å². The lowest BCUT2D eigenvalue weighted by molar-refractivity contribution is 0.0665. The maximum atomic E-state index is 12.8. The van der Waals surface area contributed by atoms with Crippen molar-refractivity contribution in [2.24, 2.45) is 0 Å². The number of rotatable bonds is 5. The smallest absolute Gasteiger partial charge is 0.319 e. The van der Waals surface area contributed by atoms with Crippen molar-refractivity contribution >= 4 is 0 Å². The van der Waals surface area contributed by atoms with Gasteiger partial charge >= 0.3 is 6.55 Å². The fourth-order valence-corrected chi connectivity index (χ4v) is 2.17. The molecule has 0 radical (unpaired) electrons. The number of alkyl halides is 2. The molecule has 7 heteroatoms. The number of aromatic nitrogens is 4. The lowest BCUT2D eigenvalue weighted by atomic mass is 10.1. The maximum absolute atomic E-state index is 12.8. The molecular formula is C15H14F2N4O. The summed E-state index contributed by atoms with van der Waals surface area (Å²) in [6.07, 6.45) is 6.10. The molecule has 0 aliphatic rings. The van der Waals surface area contributed by atoms with Gasteiger partial charge in [0, 0.05) is 24.2 Å². The largest absolute Gasteiger partial charge is 0.497 e. The van der Waals surface area contributed by atoms with E-state index < -0.39 is 6.55 Å². The van der Waals surface area contributed by atoms with E-state index in [1.54, 1.807) is 24.2 Å². The predicted molar refractivity (Wildman–Crippen MR) is 76.8 cm³/mol. The van der Waals surface area contributed by atoms with Crippen molar-refractivity contribution in [3.63, 3.8) is 0 Å². The molecule has 0 amide bonds. The molecule has 0 bridgehead atoms. The molecule has 0 atom stereocenters. The number of imidazole rings is 1. The second-order valence-electron chi connectivity index (χ2n) is 4.68. The van der Waals surface area contributed by atoms with E-state index in [1.165, 1.54) is 12.4 Å². The van der Waals surface area contributed by atoms with Gasteiger partial charge in [-0.3, -0.25) is 9.25 Å². The highest BCUT2D eigenvalue weighted by Crippen LogP contribution is 2.22. The molecule has 2 aromatic heterocycles. The molecule has 1 aromatic carbocycles. The topological polar surface area (TPSA) is 44.9 Å². The van der Waals surface area contributed by atoms with Crippen LogP contribution in [0.25, 0.3) is 11.1 Å². The van der Waals surface area contributed by atoms with E-state index in [0.29, 0.717) is 0 Å². The first kappa shape index (κ1) is 14.2. The van der Waals surface area contributed by atoms with Crippen molar-refractivity contribution in [1.29, 1.82) is 0 Å². The molecule has 0 fully saturated rings. The van der Waals surface area contributed by atoms with Crippen LogP contribution in [-0.2, 0) is 6.54 Å². The average molecular weight is 304 g/mol. The molecule has 3 aromatic rings. The Morgan fingerprint density at radius 2 is 1.95 bits per heavy atom. The van der Waals surface area contributed by atoms with E-state index >= 15 is 0 Å². The summed E-state index contributed by atoms with van der Waals surface area (Å²) in [5.74, 6) is 1.04. The van der Waals surface area contributed by atoms with Crippen molar-refractivity contribution in [3.8, 4) is 16.9 Å². The van der Waals surface area contributed by atoms with Crippen molar-refractivity contribution in [1.82, 2.24) is 19.3 Å². The Morgan fingerprint density at radius 1 is 1.18 bits per heavy atom. The van der Waals surface area contributed by atoms with E-state index in [9.17, 15) is 8.78 Å². The Bertz CT molecular complexity index is 749. The van der Waals surface area contributed by atoms with Gasteiger partial charge in [0.1, 0.15) is 11.6 Å². The minimum Gasteiger partial charge on any atom is -0.497 e. The highest BCUT2D eigenvalue weighted by molar-refractivity contribution is 5.62. The molecule has 0 aliphatic carbocycles. The molecule has 5 nitrogen and oxygen atoms in total. The second kappa shape index (κ2) is 5.97. The molecule has 0 spiro atoms. The Balaban J connectivity index is 1.79. The van der Waals surface area contributed by atoms with Gasteiger partial charge in [-0.15, -0.1) is 0 Å². The standard InChI is InChI=1S/C15H14F2N4O/c1-22-13-4-2-11(3-5-13)12-8-19-20(9-12)10-14-18-6-7-21(14)15(16)17/h2-9,15H,10H2,1H3. The first-order chi connectivity index (χ1) is 10.7. The quantitative estimate of drug-likeness (QED) is 0.727. The van der Waals surface area contributed by atoms with Gasteiger partial charge in [-0.25, -0.2) is 4.98 Å². The Hall–Kier alpha value is -2.70. The van der Waals surface area contributed by atoms with E-state index in [-0.39, 0.29) is 12.4 Å². The van der Waals surface area contributed by atoms with E-state index in [2.05, 4.69) is 10.1 Å². The predicted octanol–water partition coefficient (Wildman–Crippen LogP) is 3.20. The molecule has 0 unspecified atom stereocenters. The van der Waals surface area contributed by atoms with Crippen LogP contribution in [0.4, 0.5) is 8.78 Å². The van der Waals surface area contributed by atoms with Crippen LogP contribution in [0.1, 0.15) is 12.4 Å². The molecule has 2 heterocycles. The number of halogens is 2. The van der Waals surface area contributed by atoms with Crippen molar-refractivity contribution in [2.45, 2.75) is 13.1 Å². The Kier molecular flexibility index (Phi) is 3.86. The van der Waals surface area contributed by atoms with Crippen LogP contribution in [0.2, 0.25) is 0 Å². The number of benzene rings is 1. The third-order valence-corrected chi connectivity index (χ3v) is 3.32. The minimum atomic E-state index is -2.60. The van der Waals surface area contributed by atoms with Crippen molar-refractivity contribution < 1.29 is 13.5 Å². The fraction of sp³-hybridized carbons (Fsp3) is 0.200. The van der Waals surface area contributed by atoms with Crippen LogP contribution in [0.5, 0.6) is 5.75 Å². The number of hydrogen-bond donors (Lipinski definition) is 0. The zero-order chi connectivity index (χ0) is 15.5. The van der Waals surface area contributed by atoms with Crippen LogP contribution in [0, 0.1) is 0 Å². The number of ether oxygens (including phenoxy) is 1. The van der Waals surface area contributed by atoms with Gasteiger partial charge in [0.15, 0.2) is 0 Å². The highest BCUT2D eigenvalue weighted by atomic mass is 19.3. The van der Waals surface area contributed by atoms with Gasteiger partial charge in [0.25, 0.3) is 0 Å². The number of nitrogens with zero attached hydrogens (tertiary/aromatic N) is 4. The molecule has 3 rings (SSSR count). The van der Waals surface area contributed by atoms with Crippen molar-refractivity contribution in [2.75, 3.05) is 7.11 Å². The summed E-state index contributed by atoms with van der Waals surface area (Å²) in [5, 5.41) is 4.20. The average Bonchev–Trinajstić information content (AvgIpc) is 3.17. The Labute approximate surface area is 125 Å². The van der Waals surface area contributed by atoms with Crippen molar-refractivity contribution in [3.05, 3.63) is 54.9 Å². The molecule has 114 valence electrons. The van der Waals surface area contributed by atoms with Crippen LogP contribution in [-0.4, -0.2) is 26.4 Å². The molecular weight excluding hydrogens is 290 g/mol. The van der Waals surface area contributed by atoms with Crippen LogP contribution in [0.3, 0.4) is 0 Å². The SMILES string of the molecule is COc1ccc(-c2cnn(Cc3nccn3C(F)F)c2)cc1. The lowest BCUT2D eigenvalue weighted by Crippen LogP contribution is -2.09. The summed E-state index contributed by atoms with van der Waals surface area (Å²) < 4.78 is 33.1. The normalized spacial score (nSPS) is 11.1. The third-order valence-electron chi connectivity index (χ3n) is 3.32. The minimum absolute atomic E-state index is 0.188. The first-order valence-electron chi connectivity index (χ1n) is 6.64. The molecule has 22 heavy (non-hydrogen) atoms. The van der Waals surface area contributed by atoms with Gasteiger partial charge < -0.3 is 4.74 Å². The highest BCUT2D eigenvalue weighted by Gasteiger charge is 2.12. The summed E-state index contributed by atoms with van der Waals surface area (Å²) in [5.41, 5.74) is 1.88. The summed E-state index contributed by atoms with van der Waals surface area (Å²) in [4.78, 5) is 3.94. The van der Waals surface area contributed by atoms with E-state index in [0.717, 1.165) is 21.4 Å².